The van der Waals surface area contributed by atoms with Gasteiger partial charge in [0.1, 0.15) is 0 Å². The van der Waals surface area contributed by atoms with E-state index in [9.17, 15) is 0 Å². The Balaban J connectivity index is 1.67. The molecule has 2 heterocycles. The van der Waals surface area contributed by atoms with Crippen LogP contribution in [-0.2, 0) is 6.42 Å². The van der Waals surface area contributed by atoms with Gasteiger partial charge in [0.25, 0.3) is 0 Å². The van der Waals surface area contributed by atoms with Gasteiger partial charge in [-0.2, -0.15) is 0 Å². The largest absolute Gasteiger partial charge is 0.316 e. The van der Waals surface area contributed by atoms with Crippen molar-refractivity contribution in [1.82, 2.24) is 10.6 Å². The van der Waals surface area contributed by atoms with Gasteiger partial charge in [-0.15, -0.1) is 0 Å². The third kappa shape index (κ3) is 2.93. The van der Waals surface area contributed by atoms with Crippen LogP contribution in [0.3, 0.4) is 0 Å². The van der Waals surface area contributed by atoms with Crippen molar-refractivity contribution >= 4 is 0 Å². The molecule has 3 rings (SSSR count). The van der Waals surface area contributed by atoms with E-state index in [-0.39, 0.29) is 0 Å². The van der Waals surface area contributed by atoms with E-state index in [1.807, 2.05) is 0 Å². The normalized spacial score (nSPS) is 28.4. The van der Waals surface area contributed by atoms with Crippen LogP contribution in [-0.4, -0.2) is 26.2 Å². The van der Waals surface area contributed by atoms with Crippen molar-refractivity contribution in [1.29, 1.82) is 0 Å². The highest BCUT2D eigenvalue weighted by Crippen LogP contribution is 2.25. The smallest absolute Gasteiger partial charge is 0.00201 e. The molecule has 2 N–H and O–H groups in total. The van der Waals surface area contributed by atoms with E-state index in [4.69, 9.17) is 0 Å². The molecule has 0 radical (unpaired) electrons. The zero-order valence-corrected chi connectivity index (χ0v) is 11.1. The van der Waals surface area contributed by atoms with Gasteiger partial charge in [0, 0.05) is 6.54 Å². The fraction of sp³-hybridized carbons (Fsp3) is 0.625. The van der Waals surface area contributed by atoms with Crippen LogP contribution in [0.4, 0.5) is 0 Å². The molecule has 2 aliphatic heterocycles. The van der Waals surface area contributed by atoms with Crippen LogP contribution >= 0.6 is 0 Å². The summed E-state index contributed by atoms with van der Waals surface area (Å²) < 4.78 is 0. The number of hydrogen-bond donors (Lipinski definition) is 2. The van der Waals surface area contributed by atoms with Crippen LogP contribution in [0.1, 0.15) is 36.3 Å². The first-order valence-electron chi connectivity index (χ1n) is 7.42. The van der Waals surface area contributed by atoms with Crippen molar-refractivity contribution in [3.05, 3.63) is 35.4 Å². The molecule has 2 aliphatic rings. The molecule has 0 aromatic heterocycles. The number of piperidine rings is 1. The van der Waals surface area contributed by atoms with Gasteiger partial charge < -0.3 is 10.6 Å². The molecule has 0 bridgehead atoms. The van der Waals surface area contributed by atoms with E-state index in [0.717, 1.165) is 18.4 Å². The second-order valence-corrected chi connectivity index (χ2v) is 5.85. The molecule has 0 saturated carbocycles. The van der Waals surface area contributed by atoms with Crippen LogP contribution in [0, 0.1) is 5.92 Å². The van der Waals surface area contributed by atoms with E-state index in [1.165, 1.54) is 50.9 Å². The van der Waals surface area contributed by atoms with Gasteiger partial charge in [0.2, 0.25) is 0 Å². The SMILES string of the molecule is c1cc(CC2CCNC2)cc(C2CCCNC2)c1. The maximum absolute atomic E-state index is 3.52. The molecule has 2 heteroatoms. The molecular weight excluding hydrogens is 220 g/mol. The first kappa shape index (κ1) is 12.2. The topological polar surface area (TPSA) is 24.1 Å². The second-order valence-electron chi connectivity index (χ2n) is 5.85. The molecule has 2 atom stereocenters. The minimum absolute atomic E-state index is 0.736. The fourth-order valence-corrected chi connectivity index (χ4v) is 3.33. The summed E-state index contributed by atoms with van der Waals surface area (Å²) >= 11 is 0. The van der Waals surface area contributed by atoms with Gasteiger partial charge in [-0.25, -0.2) is 0 Å². The van der Waals surface area contributed by atoms with Crippen LogP contribution in [0.2, 0.25) is 0 Å². The van der Waals surface area contributed by atoms with Crippen molar-refractivity contribution in [3.8, 4) is 0 Å². The van der Waals surface area contributed by atoms with E-state index in [0.29, 0.717) is 0 Å². The van der Waals surface area contributed by atoms with Crippen molar-refractivity contribution in [3.63, 3.8) is 0 Å². The Labute approximate surface area is 110 Å². The maximum atomic E-state index is 3.52. The van der Waals surface area contributed by atoms with Gasteiger partial charge in [0.15, 0.2) is 0 Å². The Morgan fingerprint density at radius 2 is 2.00 bits per heavy atom. The lowest BCUT2D eigenvalue weighted by molar-refractivity contribution is 0.461. The van der Waals surface area contributed by atoms with Crippen molar-refractivity contribution < 1.29 is 0 Å². The fourth-order valence-electron chi connectivity index (χ4n) is 3.33. The van der Waals surface area contributed by atoms with Gasteiger partial charge in [-0.3, -0.25) is 0 Å². The van der Waals surface area contributed by atoms with Gasteiger partial charge in [-0.05, 0) is 68.3 Å². The number of hydrogen-bond acceptors (Lipinski definition) is 2. The van der Waals surface area contributed by atoms with Crippen LogP contribution in [0.15, 0.2) is 24.3 Å². The highest BCUT2D eigenvalue weighted by molar-refractivity contribution is 5.27. The molecule has 1 aromatic rings. The van der Waals surface area contributed by atoms with Crippen LogP contribution < -0.4 is 10.6 Å². The van der Waals surface area contributed by atoms with Crippen LogP contribution in [0.5, 0.6) is 0 Å². The Morgan fingerprint density at radius 3 is 2.78 bits per heavy atom. The molecule has 2 unspecified atom stereocenters. The predicted octanol–water partition coefficient (Wildman–Crippen LogP) is 2.31. The number of benzene rings is 1. The minimum atomic E-state index is 0.736. The monoisotopic (exact) mass is 244 g/mol. The first-order valence-corrected chi connectivity index (χ1v) is 7.42. The van der Waals surface area contributed by atoms with Crippen LogP contribution in [0.25, 0.3) is 0 Å². The third-order valence-corrected chi connectivity index (χ3v) is 4.41. The highest BCUT2D eigenvalue weighted by Gasteiger charge is 2.17. The van der Waals surface area contributed by atoms with E-state index in [2.05, 4.69) is 34.9 Å². The lowest BCUT2D eigenvalue weighted by Crippen LogP contribution is -2.28. The summed E-state index contributed by atoms with van der Waals surface area (Å²) in [6.07, 6.45) is 5.26. The number of rotatable bonds is 3. The average Bonchev–Trinajstić information content (AvgIpc) is 2.93. The molecular formula is C16H24N2. The Morgan fingerprint density at radius 1 is 1.06 bits per heavy atom. The molecule has 98 valence electrons. The van der Waals surface area contributed by atoms with E-state index >= 15 is 0 Å². The Hall–Kier alpha value is -0.860. The Kier molecular flexibility index (Phi) is 3.96. The number of nitrogens with one attached hydrogen (secondary N) is 2. The summed E-state index contributed by atoms with van der Waals surface area (Å²) in [5.74, 6) is 1.59. The summed E-state index contributed by atoms with van der Waals surface area (Å²) in [5.41, 5.74) is 3.08. The van der Waals surface area contributed by atoms with Gasteiger partial charge in [-0.1, -0.05) is 24.3 Å². The standard InChI is InChI=1S/C16H24N2/c1-3-13(9-14-6-8-18-11-14)10-15(4-1)16-5-2-7-17-12-16/h1,3-4,10,14,16-18H,2,5-9,11-12H2. The van der Waals surface area contributed by atoms with Gasteiger partial charge >= 0.3 is 0 Å². The third-order valence-electron chi connectivity index (χ3n) is 4.41. The summed E-state index contributed by atoms with van der Waals surface area (Å²) in [7, 11) is 0. The summed E-state index contributed by atoms with van der Waals surface area (Å²) in [5, 5.41) is 6.98. The molecule has 18 heavy (non-hydrogen) atoms. The second kappa shape index (κ2) is 5.85. The molecule has 1 aromatic carbocycles. The molecule has 0 aliphatic carbocycles. The predicted molar refractivity (Wildman–Crippen MR) is 76.0 cm³/mol. The maximum Gasteiger partial charge on any atom is 0.00201 e. The lowest BCUT2D eigenvalue weighted by atomic mass is 9.89. The molecule has 2 saturated heterocycles. The van der Waals surface area contributed by atoms with Gasteiger partial charge in [0.05, 0.1) is 0 Å². The minimum Gasteiger partial charge on any atom is -0.316 e. The zero-order valence-electron chi connectivity index (χ0n) is 11.1. The van der Waals surface area contributed by atoms with E-state index in [1.54, 1.807) is 5.56 Å². The average molecular weight is 244 g/mol. The van der Waals surface area contributed by atoms with Crippen molar-refractivity contribution in [2.75, 3.05) is 26.2 Å². The first-order chi connectivity index (χ1) is 8.92. The summed E-state index contributed by atoms with van der Waals surface area (Å²) in [4.78, 5) is 0. The summed E-state index contributed by atoms with van der Waals surface area (Å²) in [6, 6.07) is 9.32. The summed E-state index contributed by atoms with van der Waals surface area (Å²) in [6.45, 7) is 4.77. The van der Waals surface area contributed by atoms with Crippen molar-refractivity contribution in [2.24, 2.45) is 5.92 Å². The zero-order chi connectivity index (χ0) is 12.2. The molecule has 2 fully saturated rings. The molecule has 2 nitrogen and oxygen atoms in total. The Bertz CT molecular complexity index is 376. The quantitative estimate of drug-likeness (QED) is 0.852. The lowest BCUT2D eigenvalue weighted by Gasteiger charge is -2.23. The molecule has 0 amide bonds. The highest BCUT2D eigenvalue weighted by atomic mass is 14.9. The van der Waals surface area contributed by atoms with E-state index < -0.39 is 0 Å². The molecule has 0 spiro atoms. The van der Waals surface area contributed by atoms with Crippen molar-refractivity contribution in [2.45, 2.75) is 31.6 Å².